The lowest BCUT2D eigenvalue weighted by Crippen LogP contribution is -2.55. The monoisotopic (exact) mass is 306 g/mol. The molecule has 0 unspecified atom stereocenters. The third kappa shape index (κ3) is 3.37. The Hall–Kier alpha value is -2.11. The van der Waals surface area contributed by atoms with Gasteiger partial charge >= 0.3 is 12.1 Å². The quantitative estimate of drug-likeness (QED) is 0.928. The van der Waals surface area contributed by atoms with Gasteiger partial charge in [0.15, 0.2) is 0 Å². The maximum Gasteiger partial charge on any atom is 0.411 e. The van der Waals surface area contributed by atoms with Crippen LogP contribution in [0.15, 0.2) is 24.4 Å². The fraction of sp³-hybridized carbons (Fsp3) is 0.562. The minimum absolute atomic E-state index is 0.183. The number of aliphatic carboxylic acids is 1. The van der Waals surface area contributed by atoms with Crippen molar-refractivity contribution >= 4 is 12.1 Å². The lowest BCUT2D eigenvalue weighted by molar-refractivity contribution is -0.149. The highest BCUT2D eigenvalue weighted by Crippen LogP contribution is 2.34. The van der Waals surface area contributed by atoms with Crippen molar-refractivity contribution in [3.8, 4) is 0 Å². The molecule has 22 heavy (non-hydrogen) atoms. The van der Waals surface area contributed by atoms with Gasteiger partial charge in [0.2, 0.25) is 0 Å². The van der Waals surface area contributed by atoms with E-state index >= 15 is 0 Å². The molecule has 1 saturated heterocycles. The van der Waals surface area contributed by atoms with Gasteiger partial charge in [0, 0.05) is 24.9 Å². The fourth-order valence-corrected chi connectivity index (χ4v) is 2.75. The molecule has 6 heteroatoms. The Bertz CT molecular complexity index is 553. The number of pyridine rings is 1. The van der Waals surface area contributed by atoms with Crippen LogP contribution in [-0.4, -0.2) is 44.7 Å². The molecule has 1 aromatic heterocycles. The van der Waals surface area contributed by atoms with E-state index in [1.54, 1.807) is 39.1 Å². The Kier molecular flexibility index (Phi) is 4.39. The highest BCUT2D eigenvalue weighted by atomic mass is 16.6. The van der Waals surface area contributed by atoms with E-state index in [1.807, 2.05) is 6.07 Å². The molecule has 1 aliphatic heterocycles. The van der Waals surface area contributed by atoms with E-state index in [-0.39, 0.29) is 6.42 Å². The molecular weight excluding hydrogens is 284 g/mol. The summed E-state index contributed by atoms with van der Waals surface area (Å²) in [5.74, 6) is -1.01. The molecule has 1 amide bonds. The Morgan fingerprint density at radius 1 is 1.41 bits per heavy atom. The van der Waals surface area contributed by atoms with E-state index in [0.717, 1.165) is 0 Å². The number of carbonyl (C=O) groups excluding carboxylic acids is 1. The number of ether oxygens (including phenoxy) is 1. The van der Waals surface area contributed by atoms with Crippen LogP contribution in [0, 0.1) is 0 Å². The van der Waals surface area contributed by atoms with Gasteiger partial charge in [0.1, 0.15) is 11.1 Å². The van der Waals surface area contributed by atoms with E-state index in [9.17, 15) is 14.7 Å². The Morgan fingerprint density at radius 3 is 2.68 bits per heavy atom. The summed E-state index contributed by atoms with van der Waals surface area (Å²) in [5, 5.41) is 9.77. The number of nitrogens with zero attached hydrogens (tertiary/aromatic N) is 2. The van der Waals surface area contributed by atoms with Crippen molar-refractivity contribution in [3.05, 3.63) is 30.1 Å². The standard InChI is InChI=1S/C16H22N2O4/c1-15(2,3)22-14(21)18-10-6-8-16(18,13(19)20)11-12-7-4-5-9-17-12/h4-5,7,9H,6,8,10-11H2,1-3H3,(H,19,20)/t16-/m1/s1. The molecule has 2 rings (SSSR count). The molecule has 1 fully saturated rings. The molecule has 0 aliphatic carbocycles. The van der Waals surface area contributed by atoms with Crippen LogP contribution in [0.5, 0.6) is 0 Å². The largest absolute Gasteiger partial charge is 0.479 e. The predicted molar refractivity (Wildman–Crippen MR) is 80.5 cm³/mol. The van der Waals surface area contributed by atoms with Crippen molar-refractivity contribution in [1.29, 1.82) is 0 Å². The van der Waals surface area contributed by atoms with Crippen LogP contribution in [0.2, 0.25) is 0 Å². The molecule has 6 nitrogen and oxygen atoms in total. The summed E-state index contributed by atoms with van der Waals surface area (Å²) in [7, 11) is 0. The summed E-state index contributed by atoms with van der Waals surface area (Å²) in [5.41, 5.74) is -1.29. The average molecular weight is 306 g/mol. The zero-order chi connectivity index (χ0) is 16.4. The van der Waals surface area contributed by atoms with Gasteiger partial charge in [-0.05, 0) is 45.7 Å². The molecule has 0 aromatic carbocycles. The third-order valence-corrected chi connectivity index (χ3v) is 3.70. The van der Waals surface area contributed by atoms with Crippen molar-refractivity contribution in [2.45, 2.75) is 51.2 Å². The maximum absolute atomic E-state index is 12.4. The zero-order valence-electron chi connectivity index (χ0n) is 13.2. The number of carboxylic acids is 1. The molecule has 2 heterocycles. The molecule has 0 saturated carbocycles. The SMILES string of the molecule is CC(C)(C)OC(=O)N1CCC[C@@]1(Cc1ccccn1)C(=O)O. The maximum atomic E-state index is 12.4. The number of aromatic nitrogens is 1. The van der Waals surface area contributed by atoms with Gasteiger partial charge in [0.25, 0.3) is 0 Å². The predicted octanol–water partition coefficient (Wildman–Crippen LogP) is 2.48. The third-order valence-electron chi connectivity index (χ3n) is 3.70. The average Bonchev–Trinajstić information content (AvgIpc) is 2.83. The summed E-state index contributed by atoms with van der Waals surface area (Å²) >= 11 is 0. The van der Waals surface area contributed by atoms with Gasteiger partial charge < -0.3 is 9.84 Å². The van der Waals surface area contributed by atoms with Crippen molar-refractivity contribution < 1.29 is 19.4 Å². The Morgan fingerprint density at radius 2 is 2.14 bits per heavy atom. The lowest BCUT2D eigenvalue weighted by Gasteiger charge is -2.35. The highest BCUT2D eigenvalue weighted by molar-refractivity contribution is 5.85. The summed E-state index contributed by atoms with van der Waals surface area (Å²) in [4.78, 5) is 29.9. The van der Waals surface area contributed by atoms with Crippen LogP contribution in [0.1, 0.15) is 39.3 Å². The van der Waals surface area contributed by atoms with Crippen LogP contribution in [-0.2, 0) is 16.0 Å². The normalized spacial score (nSPS) is 21.7. The number of hydrogen-bond donors (Lipinski definition) is 1. The molecule has 0 radical (unpaired) electrons. The smallest absolute Gasteiger partial charge is 0.411 e. The first-order valence-electron chi connectivity index (χ1n) is 7.38. The number of hydrogen-bond acceptors (Lipinski definition) is 4. The van der Waals surface area contributed by atoms with Crippen molar-refractivity contribution in [2.24, 2.45) is 0 Å². The summed E-state index contributed by atoms with van der Waals surface area (Å²) < 4.78 is 5.37. The van der Waals surface area contributed by atoms with Gasteiger partial charge in [-0.1, -0.05) is 6.07 Å². The molecule has 1 aromatic rings. The molecule has 0 bridgehead atoms. The van der Waals surface area contributed by atoms with Crippen LogP contribution in [0.4, 0.5) is 4.79 Å². The molecule has 120 valence electrons. The molecule has 1 aliphatic rings. The summed E-state index contributed by atoms with van der Waals surface area (Å²) in [6, 6.07) is 5.36. The number of carboxylic acid groups (broad SMARTS) is 1. The van der Waals surface area contributed by atoms with E-state index in [2.05, 4.69) is 4.98 Å². The van der Waals surface area contributed by atoms with E-state index < -0.39 is 23.2 Å². The van der Waals surface area contributed by atoms with Gasteiger partial charge in [-0.2, -0.15) is 0 Å². The Balaban J connectivity index is 2.28. The first-order valence-corrected chi connectivity index (χ1v) is 7.38. The zero-order valence-corrected chi connectivity index (χ0v) is 13.2. The number of likely N-dealkylation sites (tertiary alicyclic amines) is 1. The first-order chi connectivity index (χ1) is 10.2. The number of carbonyl (C=O) groups is 2. The van der Waals surface area contributed by atoms with E-state index in [4.69, 9.17) is 4.74 Å². The van der Waals surface area contributed by atoms with E-state index in [0.29, 0.717) is 25.1 Å². The van der Waals surface area contributed by atoms with Gasteiger partial charge in [-0.25, -0.2) is 9.59 Å². The van der Waals surface area contributed by atoms with Crippen LogP contribution >= 0.6 is 0 Å². The number of amides is 1. The van der Waals surface area contributed by atoms with Gasteiger partial charge in [0.05, 0.1) is 0 Å². The van der Waals surface area contributed by atoms with E-state index in [1.165, 1.54) is 4.90 Å². The van der Waals surface area contributed by atoms with Crippen molar-refractivity contribution in [3.63, 3.8) is 0 Å². The second-order valence-electron chi connectivity index (χ2n) is 6.57. The first kappa shape index (κ1) is 16.3. The second kappa shape index (κ2) is 5.94. The van der Waals surface area contributed by atoms with Crippen molar-refractivity contribution in [1.82, 2.24) is 9.88 Å². The molecule has 1 N–H and O–H groups in total. The fourth-order valence-electron chi connectivity index (χ4n) is 2.75. The summed E-state index contributed by atoms with van der Waals surface area (Å²) in [6.45, 7) is 5.68. The van der Waals surface area contributed by atoms with Crippen LogP contribution in [0.25, 0.3) is 0 Å². The molecule has 1 atom stereocenters. The molecule has 0 spiro atoms. The lowest BCUT2D eigenvalue weighted by atomic mass is 9.90. The minimum atomic E-state index is -1.28. The molecular formula is C16H22N2O4. The highest BCUT2D eigenvalue weighted by Gasteiger charge is 2.51. The second-order valence-corrected chi connectivity index (χ2v) is 6.57. The van der Waals surface area contributed by atoms with Gasteiger partial charge in [-0.3, -0.25) is 9.88 Å². The van der Waals surface area contributed by atoms with Gasteiger partial charge in [-0.15, -0.1) is 0 Å². The Labute approximate surface area is 130 Å². The van der Waals surface area contributed by atoms with Crippen molar-refractivity contribution in [2.75, 3.05) is 6.54 Å². The topological polar surface area (TPSA) is 79.7 Å². The van der Waals surface area contributed by atoms with Crippen LogP contribution in [0.3, 0.4) is 0 Å². The minimum Gasteiger partial charge on any atom is -0.479 e. The number of rotatable bonds is 3. The summed E-state index contributed by atoms with van der Waals surface area (Å²) in [6.07, 6.45) is 2.26. The van der Waals surface area contributed by atoms with Crippen LogP contribution < -0.4 is 0 Å².